The number of carboxylic acid groups (broad SMARTS) is 1. The highest BCUT2D eigenvalue weighted by Crippen LogP contribution is 2.51. The highest BCUT2D eigenvalue weighted by Gasteiger charge is 2.50. The molecule has 3 atom stereocenters. The normalized spacial score (nSPS) is 28.3. The molecule has 1 fully saturated rings. The number of benzene rings is 1. The van der Waals surface area contributed by atoms with Crippen LogP contribution in [0.1, 0.15) is 45.6 Å². The third-order valence-electron chi connectivity index (χ3n) is 5.27. The molecule has 1 aliphatic carbocycles. The number of nitrogens with zero attached hydrogens (tertiary/aromatic N) is 2. The van der Waals surface area contributed by atoms with Gasteiger partial charge in [-0.05, 0) is 58.2 Å². The van der Waals surface area contributed by atoms with Gasteiger partial charge in [0.05, 0.1) is 5.54 Å². The van der Waals surface area contributed by atoms with E-state index in [1.165, 1.54) is 28.8 Å². The van der Waals surface area contributed by atoms with Crippen LogP contribution in [0.5, 0.6) is 0 Å². The van der Waals surface area contributed by atoms with Gasteiger partial charge in [0.2, 0.25) is 0 Å². The van der Waals surface area contributed by atoms with Crippen LogP contribution in [-0.4, -0.2) is 38.7 Å². The fourth-order valence-corrected chi connectivity index (χ4v) is 5.46. The number of thioether (sulfide) groups is 1. The lowest BCUT2D eigenvalue weighted by molar-refractivity contribution is 0.117. The Morgan fingerprint density at radius 3 is 2.78 bits per heavy atom. The van der Waals surface area contributed by atoms with E-state index in [1.807, 2.05) is 0 Å². The molecule has 0 radical (unpaired) electrons. The summed E-state index contributed by atoms with van der Waals surface area (Å²) in [5, 5.41) is 10.1. The minimum Gasteiger partial charge on any atom is -0.465 e. The number of carbonyl (C=O) groups is 1. The zero-order chi connectivity index (χ0) is 20.0. The monoisotopic (exact) mass is 397 g/mol. The average molecular weight is 397 g/mol. The molecule has 0 spiro atoms. The molecule has 5 nitrogen and oxygen atoms in total. The molecule has 0 bridgehead atoms. The summed E-state index contributed by atoms with van der Waals surface area (Å²) in [5.74, 6) is -0.186. The SMILES string of the molecule is CC(C)(C)N(C(=O)O)C1=NC2(c3cc(N)ccc3F)CCC(F)CC2CS1. The van der Waals surface area contributed by atoms with E-state index in [-0.39, 0.29) is 18.8 Å². The Labute approximate surface area is 162 Å². The molecule has 1 saturated carbocycles. The molecule has 8 heteroatoms. The zero-order valence-electron chi connectivity index (χ0n) is 15.7. The number of rotatable bonds is 1. The summed E-state index contributed by atoms with van der Waals surface area (Å²) in [7, 11) is 0. The second-order valence-electron chi connectivity index (χ2n) is 8.23. The fourth-order valence-electron chi connectivity index (χ4n) is 3.99. The molecule has 27 heavy (non-hydrogen) atoms. The van der Waals surface area contributed by atoms with Crippen molar-refractivity contribution < 1.29 is 18.7 Å². The average Bonchev–Trinajstić information content (AvgIpc) is 2.55. The van der Waals surface area contributed by atoms with E-state index in [4.69, 9.17) is 10.7 Å². The van der Waals surface area contributed by atoms with Gasteiger partial charge in [0.25, 0.3) is 0 Å². The van der Waals surface area contributed by atoms with Crippen LogP contribution >= 0.6 is 11.8 Å². The van der Waals surface area contributed by atoms with Crippen LogP contribution in [0.4, 0.5) is 19.3 Å². The molecule has 1 amide bonds. The number of halogens is 2. The van der Waals surface area contributed by atoms with Gasteiger partial charge >= 0.3 is 6.09 Å². The topological polar surface area (TPSA) is 78.9 Å². The smallest absolute Gasteiger partial charge is 0.413 e. The Morgan fingerprint density at radius 2 is 2.15 bits per heavy atom. The Bertz CT molecular complexity index is 781. The number of aliphatic imine (C=N–C) groups is 1. The summed E-state index contributed by atoms with van der Waals surface area (Å²) in [6.07, 6.45) is -1.21. The van der Waals surface area contributed by atoms with Crippen LogP contribution in [0, 0.1) is 11.7 Å². The molecule has 3 unspecified atom stereocenters. The number of hydrogen-bond acceptors (Lipinski definition) is 4. The van der Waals surface area contributed by atoms with Gasteiger partial charge in [-0.2, -0.15) is 0 Å². The van der Waals surface area contributed by atoms with Crippen molar-refractivity contribution in [2.45, 2.75) is 57.3 Å². The minimum absolute atomic E-state index is 0.220. The molecule has 1 heterocycles. The molecular formula is C19H25F2N3O2S. The van der Waals surface area contributed by atoms with Crippen molar-refractivity contribution in [3.05, 3.63) is 29.6 Å². The van der Waals surface area contributed by atoms with Gasteiger partial charge in [0.1, 0.15) is 12.0 Å². The summed E-state index contributed by atoms with van der Waals surface area (Å²) in [6, 6.07) is 4.33. The van der Waals surface area contributed by atoms with Gasteiger partial charge in [-0.15, -0.1) is 0 Å². The van der Waals surface area contributed by atoms with Gasteiger partial charge in [-0.25, -0.2) is 13.6 Å². The lowest BCUT2D eigenvalue weighted by Gasteiger charge is -2.47. The van der Waals surface area contributed by atoms with Crippen molar-refractivity contribution in [1.82, 2.24) is 4.90 Å². The van der Waals surface area contributed by atoms with Crippen molar-refractivity contribution in [3.63, 3.8) is 0 Å². The van der Waals surface area contributed by atoms with Gasteiger partial charge in [0.15, 0.2) is 5.17 Å². The quantitative estimate of drug-likeness (QED) is 0.678. The number of nitrogen functional groups attached to an aromatic ring is 1. The molecule has 3 rings (SSSR count). The number of alkyl halides is 1. The van der Waals surface area contributed by atoms with E-state index in [1.54, 1.807) is 26.8 Å². The predicted octanol–water partition coefficient (Wildman–Crippen LogP) is 4.62. The highest BCUT2D eigenvalue weighted by molar-refractivity contribution is 8.13. The van der Waals surface area contributed by atoms with Crippen molar-refractivity contribution in [2.24, 2.45) is 10.9 Å². The summed E-state index contributed by atoms with van der Waals surface area (Å²) >= 11 is 1.29. The standard InChI is InChI=1S/C19H25F2N3O2S/c1-18(2,3)24(17(25)26)16-23-19(14-9-13(22)4-5-15(14)21)7-6-12(20)8-11(19)10-27-16/h4-5,9,11-12H,6-8,10,22H2,1-3H3,(H,25,26). The van der Waals surface area contributed by atoms with E-state index in [2.05, 4.69) is 0 Å². The molecule has 1 aromatic rings. The first kappa shape index (κ1) is 19.9. The maximum atomic E-state index is 14.8. The molecule has 0 aromatic heterocycles. The maximum absolute atomic E-state index is 14.8. The Morgan fingerprint density at radius 1 is 1.44 bits per heavy atom. The molecule has 2 aliphatic rings. The van der Waals surface area contributed by atoms with Crippen LogP contribution in [0.3, 0.4) is 0 Å². The van der Waals surface area contributed by atoms with E-state index in [0.29, 0.717) is 28.6 Å². The van der Waals surface area contributed by atoms with Crippen molar-refractivity contribution in [3.8, 4) is 0 Å². The Balaban J connectivity index is 2.18. The number of amidine groups is 1. The first-order valence-electron chi connectivity index (χ1n) is 9.00. The van der Waals surface area contributed by atoms with Gasteiger partial charge in [-0.1, -0.05) is 11.8 Å². The summed E-state index contributed by atoms with van der Waals surface area (Å²) < 4.78 is 28.9. The molecule has 1 aliphatic heterocycles. The summed E-state index contributed by atoms with van der Waals surface area (Å²) in [4.78, 5) is 17.9. The Kier molecular flexibility index (Phi) is 5.14. The number of hydrogen-bond donors (Lipinski definition) is 2. The molecule has 0 saturated heterocycles. The first-order chi connectivity index (χ1) is 12.5. The van der Waals surface area contributed by atoms with Crippen molar-refractivity contribution >= 4 is 28.7 Å². The van der Waals surface area contributed by atoms with Crippen LogP contribution in [0.25, 0.3) is 0 Å². The van der Waals surface area contributed by atoms with E-state index >= 15 is 0 Å². The molecular weight excluding hydrogens is 372 g/mol. The second kappa shape index (κ2) is 6.96. The van der Waals surface area contributed by atoms with Crippen molar-refractivity contribution in [1.29, 1.82) is 0 Å². The summed E-state index contributed by atoms with van der Waals surface area (Å²) in [6.45, 7) is 5.34. The molecule has 1 aromatic carbocycles. The largest absolute Gasteiger partial charge is 0.465 e. The van der Waals surface area contributed by atoms with Gasteiger partial charge in [0, 0.05) is 28.5 Å². The predicted molar refractivity (Wildman–Crippen MR) is 104 cm³/mol. The van der Waals surface area contributed by atoms with E-state index in [0.717, 1.165) is 0 Å². The first-order valence-corrected chi connectivity index (χ1v) is 9.98. The molecule has 3 N–H and O–H groups in total. The van der Waals surface area contributed by atoms with E-state index in [9.17, 15) is 18.7 Å². The lowest BCUT2D eigenvalue weighted by atomic mass is 9.69. The number of amides is 1. The minimum atomic E-state index is -1.12. The van der Waals surface area contributed by atoms with Crippen LogP contribution in [0.15, 0.2) is 23.2 Å². The fraction of sp³-hybridized carbons (Fsp3) is 0.579. The van der Waals surface area contributed by atoms with Crippen LogP contribution < -0.4 is 5.73 Å². The van der Waals surface area contributed by atoms with Gasteiger partial charge < -0.3 is 10.8 Å². The highest BCUT2D eigenvalue weighted by atomic mass is 32.2. The lowest BCUT2D eigenvalue weighted by Crippen LogP contribution is -2.52. The van der Waals surface area contributed by atoms with Gasteiger partial charge in [-0.3, -0.25) is 9.89 Å². The Hall–Kier alpha value is -1.83. The van der Waals surface area contributed by atoms with Crippen LogP contribution in [0.2, 0.25) is 0 Å². The second-order valence-corrected chi connectivity index (χ2v) is 9.21. The third-order valence-corrected chi connectivity index (χ3v) is 6.37. The zero-order valence-corrected chi connectivity index (χ0v) is 16.5. The summed E-state index contributed by atoms with van der Waals surface area (Å²) in [5.41, 5.74) is 4.92. The van der Waals surface area contributed by atoms with Crippen LogP contribution in [-0.2, 0) is 5.54 Å². The number of anilines is 1. The molecule has 148 valence electrons. The van der Waals surface area contributed by atoms with Crippen molar-refractivity contribution in [2.75, 3.05) is 11.5 Å². The third kappa shape index (κ3) is 3.63. The number of nitrogens with two attached hydrogens (primary N) is 1. The van der Waals surface area contributed by atoms with E-state index < -0.39 is 29.2 Å². The number of fused-ring (bicyclic) bond motifs is 1. The maximum Gasteiger partial charge on any atom is 0.413 e.